The molecule has 0 spiro atoms. The summed E-state index contributed by atoms with van der Waals surface area (Å²) < 4.78 is 87.6. The minimum Gasteiger partial charge on any atom is -0.492 e. The summed E-state index contributed by atoms with van der Waals surface area (Å²) in [6, 6.07) is 21.2. The van der Waals surface area contributed by atoms with Crippen molar-refractivity contribution in [3.8, 4) is 22.7 Å². The Balaban J connectivity index is 1.62. The molecule has 5 aromatic rings. The van der Waals surface area contributed by atoms with Crippen molar-refractivity contribution >= 4 is 40.9 Å². The van der Waals surface area contributed by atoms with E-state index in [1.54, 1.807) is 48.5 Å². The van der Waals surface area contributed by atoms with Gasteiger partial charge in [-0.25, -0.2) is 4.68 Å². The van der Waals surface area contributed by atoms with Gasteiger partial charge < -0.3 is 15.4 Å². The van der Waals surface area contributed by atoms with E-state index < -0.39 is 40.9 Å². The lowest BCUT2D eigenvalue weighted by Crippen LogP contribution is -2.25. The monoisotopic (exact) mass is 712 g/mol. The Labute approximate surface area is 287 Å². The largest absolute Gasteiger partial charge is 0.492 e. The van der Waals surface area contributed by atoms with Crippen LogP contribution in [0.25, 0.3) is 23.0 Å². The van der Waals surface area contributed by atoms with E-state index in [0.29, 0.717) is 35.7 Å². The Morgan fingerprint density at radius 3 is 1.90 bits per heavy atom. The van der Waals surface area contributed by atoms with Crippen LogP contribution in [0.5, 0.6) is 5.75 Å². The zero-order chi connectivity index (χ0) is 36.1. The molecular weight excluding hydrogens is 686 g/mol. The van der Waals surface area contributed by atoms with Crippen LogP contribution >= 0.6 is 11.6 Å². The first-order valence-corrected chi connectivity index (χ1v) is 15.4. The van der Waals surface area contributed by atoms with E-state index in [0.717, 1.165) is 36.8 Å². The van der Waals surface area contributed by atoms with E-state index >= 15 is 0 Å². The Morgan fingerprint density at radius 2 is 1.38 bits per heavy atom. The minimum atomic E-state index is -4.72. The molecule has 4 aromatic carbocycles. The van der Waals surface area contributed by atoms with E-state index in [4.69, 9.17) is 16.3 Å². The molecule has 0 saturated carbocycles. The maximum Gasteiger partial charge on any atom is 0.416 e. The number of nitrogens with one attached hydrogen (secondary N) is 2. The maximum absolute atomic E-state index is 13.7. The van der Waals surface area contributed by atoms with E-state index in [9.17, 15) is 35.9 Å². The molecule has 258 valence electrons. The molecule has 5 rings (SSSR count). The van der Waals surface area contributed by atoms with Gasteiger partial charge in [0.05, 0.1) is 28.4 Å². The van der Waals surface area contributed by atoms with E-state index in [2.05, 4.69) is 15.7 Å². The molecule has 0 bridgehead atoms. The van der Waals surface area contributed by atoms with Crippen LogP contribution in [0, 0.1) is 0 Å². The molecule has 0 fully saturated rings. The van der Waals surface area contributed by atoms with Crippen molar-refractivity contribution in [2.45, 2.75) is 25.7 Å². The smallest absolute Gasteiger partial charge is 0.416 e. The second kappa shape index (κ2) is 14.9. The number of anilines is 2. The molecule has 0 aliphatic heterocycles. The summed E-state index contributed by atoms with van der Waals surface area (Å²) in [5, 5.41) is 9.51. The second-order valence-electron chi connectivity index (χ2n) is 10.8. The molecule has 0 saturated heterocycles. The molecular formula is C36H27ClF6N4O3. The van der Waals surface area contributed by atoms with Crippen molar-refractivity contribution in [2.75, 3.05) is 17.2 Å². The summed E-state index contributed by atoms with van der Waals surface area (Å²) >= 11 is 6.50. The summed E-state index contributed by atoms with van der Waals surface area (Å²) in [4.78, 5) is 27.4. The lowest BCUT2D eigenvalue weighted by molar-refractivity contribution is -0.138. The van der Waals surface area contributed by atoms with Gasteiger partial charge in [0.25, 0.3) is 11.8 Å². The number of ether oxygens (including phenoxy) is 1. The van der Waals surface area contributed by atoms with E-state index in [-0.39, 0.29) is 27.7 Å². The summed E-state index contributed by atoms with van der Waals surface area (Å²) in [6.45, 7) is 2.35. The van der Waals surface area contributed by atoms with Crippen molar-refractivity contribution in [2.24, 2.45) is 0 Å². The fourth-order valence-corrected chi connectivity index (χ4v) is 4.98. The van der Waals surface area contributed by atoms with Gasteiger partial charge in [0.1, 0.15) is 17.0 Å². The van der Waals surface area contributed by atoms with Crippen LogP contribution < -0.4 is 15.4 Å². The summed E-state index contributed by atoms with van der Waals surface area (Å²) in [6.07, 6.45) is -6.06. The molecule has 0 aliphatic carbocycles. The zero-order valence-corrected chi connectivity index (χ0v) is 26.8. The van der Waals surface area contributed by atoms with Crippen molar-refractivity contribution in [3.05, 3.63) is 131 Å². The number of carbonyl (C=O) groups is 2. The van der Waals surface area contributed by atoms with Gasteiger partial charge in [-0.3, -0.25) is 9.59 Å². The molecule has 2 N–H and O–H groups in total. The average molecular weight is 713 g/mol. The number of halogens is 7. The quantitative estimate of drug-likeness (QED) is 0.0654. The van der Waals surface area contributed by atoms with Gasteiger partial charge in [-0.1, -0.05) is 48.9 Å². The van der Waals surface area contributed by atoms with Gasteiger partial charge in [-0.2, -0.15) is 31.4 Å². The molecule has 7 nitrogen and oxygen atoms in total. The predicted molar refractivity (Wildman–Crippen MR) is 178 cm³/mol. The number of nitrogens with zero attached hydrogens (tertiary/aromatic N) is 2. The van der Waals surface area contributed by atoms with Crippen LogP contribution in [0.1, 0.15) is 30.0 Å². The summed E-state index contributed by atoms with van der Waals surface area (Å²) in [5.41, 5.74) is -1.82. The average Bonchev–Trinajstić information content (AvgIpc) is 3.50. The Morgan fingerprint density at radius 1 is 0.800 bits per heavy atom. The van der Waals surface area contributed by atoms with Crippen molar-refractivity contribution in [1.82, 2.24) is 9.78 Å². The van der Waals surface area contributed by atoms with Crippen molar-refractivity contribution in [3.63, 3.8) is 0 Å². The number of amides is 2. The molecule has 0 radical (unpaired) electrons. The molecule has 2 amide bonds. The van der Waals surface area contributed by atoms with Gasteiger partial charge in [-0.05, 0) is 79.2 Å². The third-order valence-corrected chi connectivity index (χ3v) is 7.41. The fraction of sp³-hybridized carbons (Fsp3) is 0.139. The summed E-state index contributed by atoms with van der Waals surface area (Å²) in [7, 11) is 0. The van der Waals surface area contributed by atoms with E-state index in [1.807, 2.05) is 6.92 Å². The lowest BCUT2D eigenvalue weighted by Gasteiger charge is -2.13. The van der Waals surface area contributed by atoms with Gasteiger partial charge in [0.2, 0.25) is 0 Å². The van der Waals surface area contributed by atoms with E-state index in [1.165, 1.54) is 23.0 Å². The first kappa shape index (κ1) is 35.7. The number of benzene rings is 4. The number of rotatable bonds is 10. The first-order valence-electron chi connectivity index (χ1n) is 15.0. The highest BCUT2D eigenvalue weighted by Gasteiger charge is 2.32. The molecule has 14 heteroatoms. The maximum atomic E-state index is 13.7. The van der Waals surface area contributed by atoms with Gasteiger partial charge in [-0.15, -0.1) is 0 Å². The standard InChI is InChI=1S/C36H27ClF6N4O3/c1-2-16-50-31-15-14-22(18-30(31)37)32-23(21-47(46-32)28-12-4-3-5-13-28)17-29(33(48)44-26-10-6-8-24(19-26)35(38,39)40)34(49)45-27-11-7-9-25(20-27)36(41,42)43/h3-15,17-21H,2,16H2,1H3,(H,44,48)(H,45,49). The van der Waals surface area contributed by atoms with Crippen LogP contribution in [-0.4, -0.2) is 28.2 Å². The number of hydrogen-bond donors (Lipinski definition) is 2. The Bertz CT molecular complexity index is 1970. The normalized spacial score (nSPS) is 11.5. The molecule has 0 atom stereocenters. The third kappa shape index (κ3) is 8.72. The molecule has 1 heterocycles. The highest BCUT2D eigenvalue weighted by Crippen LogP contribution is 2.35. The van der Waals surface area contributed by atoms with Crippen LogP contribution in [0.4, 0.5) is 37.7 Å². The lowest BCUT2D eigenvalue weighted by atomic mass is 10.0. The second-order valence-corrected chi connectivity index (χ2v) is 11.2. The first-order chi connectivity index (χ1) is 23.7. The minimum absolute atomic E-state index is 0.195. The fourth-order valence-electron chi connectivity index (χ4n) is 4.74. The highest BCUT2D eigenvalue weighted by atomic mass is 35.5. The molecule has 50 heavy (non-hydrogen) atoms. The van der Waals surface area contributed by atoms with Crippen LogP contribution in [0.3, 0.4) is 0 Å². The summed E-state index contributed by atoms with van der Waals surface area (Å²) in [5.74, 6) is -1.87. The predicted octanol–water partition coefficient (Wildman–Crippen LogP) is 9.68. The number of carbonyl (C=O) groups excluding carboxylic acids is 2. The van der Waals surface area contributed by atoms with Gasteiger partial charge in [0.15, 0.2) is 0 Å². The number of hydrogen-bond acceptors (Lipinski definition) is 4. The molecule has 0 unspecified atom stereocenters. The topological polar surface area (TPSA) is 85.2 Å². The van der Waals surface area contributed by atoms with Crippen LogP contribution in [0.15, 0.2) is 109 Å². The third-order valence-electron chi connectivity index (χ3n) is 7.11. The number of para-hydroxylation sites is 1. The number of aromatic nitrogens is 2. The van der Waals surface area contributed by atoms with Crippen molar-refractivity contribution < 1.29 is 40.7 Å². The highest BCUT2D eigenvalue weighted by molar-refractivity contribution is 6.32. The molecule has 0 aliphatic rings. The van der Waals surface area contributed by atoms with Gasteiger partial charge in [0, 0.05) is 28.7 Å². The SMILES string of the molecule is CCCOc1ccc(-c2nn(-c3ccccc3)cc2C=C(C(=O)Nc2cccc(C(F)(F)F)c2)C(=O)Nc2cccc(C(F)(F)F)c2)cc1Cl. The van der Waals surface area contributed by atoms with Crippen molar-refractivity contribution in [1.29, 1.82) is 0 Å². The van der Waals surface area contributed by atoms with Gasteiger partial charge >= 0.3 is 12.4 Å². The number of alkyl halides is 6. The Hall–Kier alpha value is -5.56. The molecule has 1 aromatic heterocycles. The van der Waals surface area contributed by atoms with Crippen LogP contribution in [0.2, 0.25) is 5.02 Å². The Kier molecular flexibility index (Phi) is 10.7. The zero-order valence-electron chi connectivity index (χ0n) is 26.1. The van der Waals surface area contributed by atoms with Crippen LogP contribution in [-0.2, 0) is 21.9 Å².